The van der Waals surface area contributed by atoms with Crippen molar-refractivity contribution in [3.05, 3.63) is 0 Å². The van der Waals surface area contributed by atoms with Crippen molar-refractivity contribution in [2.45, 2.75) is 38.7 Å². The van der Waals surface area contributed by atoms with E-state index >= 15 is 0 Å². The third kappa shape index (κ3) is 3.48. The van der Waals surface area contributed by atoms with Crippen LogP contribution in [-0.4, -0.2) is 24.1 Å². The van der Waals surface area contributed by atoms with Gasteiger partial charge >= 0.3 is 0 Å². The molecule has 1 heterocycles. The number of aliphatic carboxylic acids is 2. The smallest absolute Gasteiger partial charge is 0.0633 e. The lowest BCUT2D eigenvalue weighted by molar-refractivity contribution is -0.319. The summed E-state index contributed by atoms with van der Waals surface area (Å²) < 4.78 is 5.49. The summed E-state index contributed by atoms with van der Waals surface area (Å²) in [6.07, 6.45) is 0.475. The van der Waals surface area contributed by atoms with E-state index in [4.69, 9.17) is 4.74 Å². The number of carboxylic acids is 2. The van der Waals surface area contributed by atoms with Crippen molar-refractivity contribution >= 4 is 11.9 Å². The van der Waals surface area contributed by atoms with Gasteiger partial charge in [-0.05, 0) is 39.0 Å². The van der Waals surface area contributed by atoms with Gasteiger partial charge in [0.25, 0.3) is 0 Å². The zero-order chi connectivity index (χ0) is 12.3. The van der Waals surface area contributed by atoms with E-state index in [1.807, 2.05) is 13.8 Å². The maximum atomic E-state index is 11.0. The molecule has 0 N–H and O–H groups in total. The first kappa shape index (κ1) is 13.0. The SMILES string of the molecule is CC1(C)C[C@@H](C(=O)[O-])[C@H](CCC(=O)[O-])CO1. The van der Waals surface area contributed by atoms with Gasteiger partial charge in [-0.3, -0.25) is 0 Å². The van der Waals surface area contributed by atoms with E-state index < -0.39 is 23.5 Å². The Hall–Kier alpha value is -1.10. The molecule has 0 amide bonds. The second kappa shape index (κ2) is 4.82. The fraction of sp³-hybridized carbons (Fsp3) is 0.818. The van der Waals surface area contributed by atoms with Gasteiger partial charge in [0, 0.05) is 17.9 Å². The van der Waals surface area contributed by atoms with Crippen molar-refractivity contribution in [1.82, 2.24) is 0 Å². The molecule has 5 heteroatoms. The van der Waals surface area contributed by atoms with E-state index in [1.165, 1.54) is 0 Å². The van der Waals surface area contributed by atoms with Crippen LogP contribution < -0.4 is 10.2 Å². The number of carboxylic acid groups (broad SMARTS) is 2. The molecule has 2 atom stereocenters. The quantitative estimate of drug-likeness (QED) is 0.596. The Morgan fingerprint density at radius 3 is 2.50 bits per heavy atom. The Bertz CT molecular complexity index is 284. The zero-order valence-corrected chi connectivity index (χ0v) is 9.52. The van der Waals surface area contributed by atoms with Crippen LogP contribution in [0, 0.1) is 11.8 Å². The summed E-state index contributed by atoms with van der Waals surface area (Å²) in [7, 11) is 0. The topological polar surface area (TPSA) is 89.5 Å². The fourth-order valence-electron chi connectivity index (χ4n) is 2.07. The summed E-state index contributed by atoms with van der Waals surface area (Å²) in [6.45, 7) is 3.90. The lowest BCUT2D eigenvalue weighted by Gasteiger charge is -2.41. The first-order valence-corrected chi connectivity index (χ1v) is 5.36. The second-order valence-corrected chi connectivity index (χ2v) is 4.87. The van der Waals surface area contributed by atoms with Gasteiger partial charge in [-0.2, -0.15) is 0 Å². The van der Waals surface area contributed by atoms with Crippen molar-refractivity contribution < 1.29 is 24.5 Å². The molecular weight excluding hydrogens is 212 g/mol. The van der Waals surface area contributed by atoms with Crippen LogP contribution in [0.25, 0.3) is 0 Å². The molecule has 1 saturated heterocycles. The van der Waals surface area contributed by atoms with Crippen LogP contribution in [0.2, 0.25) is 0 Å². The summed E-state index contributed by atoms with van der Waals surface area (Å²) in [4.78, 5) is 21.3. The second-order valence-electron chi connectivity index (χ2n) is 4.87. The van der Waals surface area contributed by atoms with Gasteiger partial charge in [-0.1, -0.05) is 0 Å². The summed E-state index contributed by atoms with van der Waals surface area (Å²) in [6, 6.07) is 0. The molecule has 0 radical (unpaired) electrons. The summed E-state index contributed by atoms with van der Waals surface area (Å²) in [5.74, 6) is -3.22. The van der Waals surface area contributed by atoms with Crippen molar-refractivity contribution in [1.29, 1.82) is 0 Å². The maximum absolute atomic E-state index is 11.0. The highest BCUT2D eigenvalue weighted by Crippen LogP contribution is 2.34. The first-order chi connectivity index (χ1) is 7.32. The first-order valence-electron chi connectivity index (χ1n) is 5.36. The minimum Gasteiger partial charge on any atom is -0.550 e. The summed E-state index contributed by atoms with van der Waals surface area (Å²) in [5.41, 5.74) is -0.483. The summed E-state index contributed by atoms with van der Waals surface area (Å²) >= 11 is 0. The molecule has 1 rings (SSSR count). The average molecular weight is 228 g/mol. The fourth-order valence-corrected chi connectivity index (χ4v) is 2.07. The monoisotopic (exact) mass is 228 g/mol. The molecule has 1 aliphatic rings. The number of ether oxygens (including phenoxy) is 1. The van der Waals surface area contributed by atoms with Gasteiger partial charge in [0.05, 0.1) is 12.2 Å². The van der Waals surface area contributed by atoms with Crippen molar-refractivity contribution in [2.75, 3.05) is 6.61 Å². The Morgan fingerprint density at radius 1 is 1.38 bits per heavy atom. The van der Waals surface area contributed by atoms with Gasteiger partial charge < -0.3 is 24.5 Å². The normalized spacial score (nSPS) is 28.6. The van der Waals surface area contributed by atoms with E-state index in [1.54, 1.807) is 0 Å². The number of hydrogen-bond acceptors (Lipinski definition) is 5. The van der Waals surface area contributed by atoms with Crippen molar-refractivity contribution in [3.63, 3.8) is 0 Å². The summed E-state index contributed by atoms with van der Waals surface area (Å²) in [5, 5.41) is 21.3. The minimum atomic E-state index is -1.16. The zero-order valence-electron chi connectivity index (χ0n) is 9.52. The van der Waals surface area contributed by atoms with Crippen molar-refractivity contribution in [3.8, 4) is 0 Å². The molecule has 0 bridgehead atoms. The van der Waals surface area contributed by atoms with Gasteiger partial charge in [0.15, 0.2) is 0 Å². The Balaban J connectivity index is 2.62. The third-order valence-corrected chi connectivity index (χ3v) is 2.99. The molecule has 0 aromatic heterocycles. The van der Waals surface area contributed by atoms with Crippen LogP contribution in [0.5, 0.6) is 0 Å². The molecular formula is C11H16O5-2. The Kier molecular flexibility index (Phi) is 3.91. The molecule has 0 saturated carbocycles. The number of hydrogen-bond donors (Lipinski definition) is 0. The predicted molar refractivity (Wildman–Crippen MR) is 50.9 cm³/mol. The Labute approximate surface area is 94.4 Å². The number of carbonyl (C=O) groups excluding carboxylic acids is 2. The van der Waals surface area contributed by atoms with Gasteiger partial charge in [0.2, 0.25) is 0 Å². The van der Waals surface area contributed by atoms with E-state index in [0.29, 0.717) is 6.42 Å². The maximum Gasteiger partial charge on any atom is 0.0633 e. The van der Waals surface area contributed by atoms with Gasteiger partial charge in [-0.25, -0.2) is 0 Å². The molecule has 1 aliphatic heterocycles. The Morgan fingerprint density at radius 2 is 2.00 bits per heavy atom. The minimum absolute atomic E-state index is 0.141. The lowest BCUT2D eigenvalue weighted by atomic mass is 9.79. The van der Waals surface area contributed by atoms with Crippen LogP contribution in [0.15, 0.2) is 0 Å². The molecule has 92 valence electrons. The molecule has 1 fully saturated rings. The molecule has 16 heavy (non-hydrogen) atoms. The molecule has 0 unspecified atom stereocenters. The highest BCUT2D eigenvalue weighted by Gasteiger charge is 2.36. The van der Waals surface area contributed by atoms with Crippen LogP contribution in [0.4, 0.5) is 0 Å². The van der Waals surface area contributed by atoms with E-state index in [9.17, 15) is 19.8 Å². The molecule has 0 aromatic carbocycles. The molecule has 0 aliphatic carbocycles. The highest BCUT2D eigenvalue weighted by atomic mass is 16.5. The standard InChI is InChI=1S/C11H18O5/c1-11(2)5-8(10(14)15)7(6-16-11)3-4-9(12)13/h7-8H,3-6H2,1-2H3,(H,12,13)(H,14,15)/p-2/t7-,8-/m1/s1. The molecule has 0 aromatic rings. The molecule has 0 spiro atoms. The van der Waals surface area contributed by atoms with E-state index in [2.05, 4.69) is 0 Å². The highest BCUT2D eigenvalue weighted by molar-refractivity contribution is 5.69. The van der Waals surface area contributed by atoms with Crippen LogP contribution in [0.3, 0.4) is 0 Å². The number of rotatable bonds is 4. The lowest BCUT2D eigenvalue weighted by Crippen LogP contribution is -2.47. The van der Waals surface area contributed by atoms with Crippen LogP contribution in [-0.2, 0) is 14.3 Å². The third-order valence-electron chi connectivity index (χ3n) is 2.99. The largest absolute Gasteiger partial charge is 0.550 e. The van der Waals surface area contributed by atoms with E-state index in [-0.39, 0.29) is 25.4 Å². The predicted octanol–water partition coefficient (Wildman–Crippen LogP) is -1.30. The van der Waals surface area contributed by atoms with E-state index in [0.717, 1.165) is 0 Å². The molecule has 5 nitrogen and oxygen atoms in total. The number of carbonyl (C=O) groups is 2. The van der Waals surface area contributed by atoms with Crippen LogP contribution in [0.1, 0.15) is 33.1 Å². The van der Waals surface area contributed by atoms with Crippen LogP contribution >= 0.6 is 0 Å². The average Bonchev–Trinajstić information content (AvgIpc) is 2.14. The van der Waals surface area contributed by atoms with Gasteiger partial charge in [0.1, 0.15) is 0 Å². The van der Waals surface area contributed by atoms with Crippen molar-refractivity contribution in [2.24, 2.45) is 11.8 Å². The van der Waals surface area contributed by atoms with Gasteiger partial charge in [-0.15, -0.1) is 0 Å².